The number of ether oxygens (including phenoxy) is 2. The Bertz CT molecular complexity index is 553. The number of methoxy groups -OCH3 is 1. The monoisotopic (exact) mass is 325 g/mol. The van der Waals surface area contributed by atoms with Crippen LogP contribution in [0.2, 0.25) is 0 Å². The normalized spacial score (nSPS) is 27.3. The van der Waals surface area contributed by atoms with Gasteiger partial charge in [-0.2, -0.15) is 0 Å². The van der Waals surface area contributed by atoms with Crippen molar-refractivity contribution in [2.75, 3.05) is 13.7 Å². The van der Waals surface area contributed by atoms with Gasteiger partial charge in [0, 0.05) is 18.9 Å². The molecular weight excluding hydrogens is 304 g/mol. The highest BCUT2D eigenvalue weighted by atomic mass is 19.3. The first-order chi connectivity index (χ1) is 11.0. The second-order valence-electron chi connectivity index (χ2n) is 6.29. The Morgan fingerprint density at radius 2 is 1.91 bits per heavy atom. The molecule has 6 heteroatoms. The second kappa shape index (κ2) is 6.53. The van der Waals surface area contributed by atoms with Gasteiger partial charge in [0.2, 0.25) is 0 Å². The van der Waals surface area contributed by atoms with Crippen LogP contribution < -0.4 is 5.32 Å². The fourth-order valence-electron chi connectivity index (χ4n) is 3.20. The predicted molar refractivity (Wildman–Crippen MR) is 80.6 cm³/mol. The zero-order valence-corrected chi connectivity index (χ0v) is 13.1. The molecule has 23 heavy (non-hydrogen) atoms. The van der Waals surface area contributed by atoms with Crippen molar-refractivity contribution in [3.05, 3.63) is 35.4 Å². The van der Waals surface area contributed by atoms with Crippen LogP contribution in [0.5, 0.6) is 0 Å². The van der Waals surface area contributed by atoms with Crippen molar-refractivity contribution in [1.29, 1.82) is 0 Å². The molecule has 0 unspecified atom stereocenters. The summed E-state index contributed by atoms with van der Waals surface area (Å²) in [6, 6.07) is 7.37. The second-order valence-corrected chi connectivity index (χ2v) is 6.29. The number of halogens is 2. The van der Waals surface area contributed by atoms with Gasteiger partial charge >= 0.3 is 5.97 Å². The van der Waals surface area contributed by atoms with Gasteiger partial charge in [0.05, 0.1) is 24.9 Å². The van der Waals surface area contributed by atoms with Crippen LogP contribution in [0.4, 0.5) is 8.78 Å². The lowest BCUT2D eigenvalue weighted by Gasteiger charge is -2.39. The van der Waals surface area contributed by atoms with Gasteiger partial charge in [-0.05, 0) is 37.1 Å². The van der Waals surface area contributed by atoms with Gasteiger partial charge in [0.15, 0.2) is 0 Å². The van der Waals surface area contributed by atoms with Gasteiger partial charge in [-0.3, -0.25) is 0 Å². The van der Waals surface area contributed by atoms with Crippen LogP contribution in [0.1, 0.15) is 47.6 Å². The van der Waals surface area contributed by atoms with Crippen molar-refractivity contribution in [3.8, 4) is 0 Å². The summed E-state index contributed by atoms with van der Waals surface area (Å²) in [5.41, 5.74) is 1.57. The maximum absolute atomic E-state index is 12.9. The van der Waals surface area contributed by atoms with Gasteiger partial charge in [0.25, 0.3) is 5.92 Å². The first kappa shape index (κ1) is 16.3. The summed E-state index contributed by atoms with van der Waals surface area (Å²) in [4.78, 5) is 11.4. The molecule has 4 nitrogen and oxygen atoms in total. The molecule has 0 spiro atoms. The van der Waals surface area contributed by atoms with Crippen LogP contribution in [0.25, 0.3) is 0 Å². The molecule has 3 rings (SSSR count). The van der Waals surface area contributed by atoms with Gasteiger partial charge in [-0.15, -0.1) is 0 Å². The van der Waals surface area contributed by atoms with Crippen LogP contribution >= 0.6 is 0 Å². The quantitative estimate of drug-likeness (QED) is 0.864. The highest BCUT2D eigenvalue weighted by Gasteiger charge is 2.47. The number of hydrogen-bond donors (Lipinski definition) is 1. The zero-order chi connectivity index (χ0) is 16.4. The van der Waals surface area contributed by atoms with Crippen molar-refractivity contribution in [1.82, 2.24) is 5.32 Å². The topological polar surface area (TPSA) is 47.6 Å². The number of carbonyl (C=O) groups excluding carboxylic acids is 1. The Kier molecular flexibility index (Phi) is 4.64. The Balaban J connectivity index is 1.57. The third-order valence-corrected chi connectivity index (χ3v) is 4.53. The van der Waals surface area contributed by atoms with Crippen LogP contribution in [0, 0.1) is 0 Å². The molecule has 0 radical (unpaired) electrons. The maximum atomic E-state index is 12.9. The van der Waals surface area contributed by atoms with Crippen molar-refractivity contribution >= 4 is 5.97 Å². The van der Waals surface area contributed by atoms with E-state index in [-0.39, 0.29) is 37.1 Å². The number of benzene rings is 1. The number of alkyl halides is 2. The molecule has 1 aromatic rings. The zero-order valence-electron chi connectivity index (χ0n) is 13.1. The lowest BCUT2D eigenvalue weighted by atomic mass is 9.89. The third-order valence-electron chi connectivity index (χ3n) is 4.53. The molecule has 0 aromatic heterocycles. The summed E-state index contributed by atoms with van der Waals surface area (Å²) in [6.07, 6.45) is 0.960. The van der Waals surface area contributed by atoms with Crippen molar-refractivity contribution in [2.24, 2.45) is 0 Å². The van der Waals surface area contributed by atoms with E-state index in [1.165, 1.54) is 7.11 Å². The van der Waals surface area contributed by atoms with E-state index in [0.29, 0.717) is 5.56 Å². The Morgan fingerprint density at radius 3 is 2.52 bits per heavy atom. The van der Waals surface area contributed by atoms with Gasteiger partial charge < -0.3 is 14.8 Å². The molecule has 1 aliphatic carbocycles. The predicted octanol–water partition coefficient (Wildman–Crippen LogP) is 3.08. The highest BCUT2D eigenvalue weighted by Crippen LogP contribution is 2.41. The van der Waals surface area contributed by atoms with Crippen LogP contribution in [-0.2, 0) is 9.47 Å². The van der Waals surface area contributed by atoms with Gasteiger partial charge in [0.1, 0.15) is 0 Å². The Labute approximate surface area is 134 Å². The molecule has 0 bridgehead atoms. The molecule has 2 aliphatic rings. The summed E-state index contributed by atoms with van der Waals surface area (Å²) in [7, 11) is 1.35. The molecule has 1 saturated heterocycles. The SMILES string of the molecule is COC(=O)c1ccc([C@@H]2C[C@@H](OC3CC(F)(F)C3)CCN2)cc1. The summed E-state index contributed by atoms with van der Waals surface area (Å²) in [5, 5.41) is 3.41. The standard InChI is InChI=1S/C17H21F2NO3/c1-22-16(21)12-4-2-11(3-5-12)15-8-13(6-7-20-15)23-14-9-17(18,19)10-14/h2-5,13-15,20H,6-10H2,1H3/t13-,15-/m0/s1. The van der Waals surface area contributed by atoms with Crippen LogP contribution in [-0.4, -0.2) is 37.8 Å². The van der Waals surface area contributed by atoms with Gasteiger partial charge in [-0.25, -0.2) is 13.6 Å². The Hall–Kier alpha value is -1.53. The highest BCUT2D eigenvalue weighted by molar-refractivity contribution is 5.89. The Morgan fingerprint density at radius 1 is 1.22 bits per heavy atom. The number of carbonyl (C=O) groups is 1. The molecule has 1 saturated carbocycles. The number of rotatable bonds is 4. The minimum atomic E-state index is -2.54. The molecular formula is C17H21F2NO3. The van der Waals surface area contributed by atoms with Crippen LogP contribution in [0.3, 0.4) is 0 Å². The molecule has 1 aromatic carbocycles. The third kappa shape index (κ3) is 3.87. The van der Waals surface area contributed by atoms with E-state index in [4.69, 9.17) is 4.74 Å². The van der Waals surface area contributed by atoms with E-state index >= 15 is 0 Å². The van der Waals surface area contributed by atoms with Crippen molar-refractivity contribution < 1.29 is 23.0 Å². The average molecular weight is 325 g/mol. The molecule has 0 amide bonds. The van der Waals surface area contributed by atoms with E-state index in [2.05, 4.69) is 10.1 Å². The molecule has 2 atom stereocenters. The van der Waals surface area contributed by atoms with Gasteiger partial charge in [-0.1, -0.05) is 12.1 Å². The van der Waals surface area contributed by atoms with Crippen LogP contribution in [0.15, 0.2) is 24.3 Å². The number of hydrogen-bond acceptors (Lipinski definition) is 4. The fourth-order valence-corrected chi connectivity index (χ4v) is 3.20. The van der Waals surface area contributed by atoms with E-state index in [9.17, 15) is 13.6 Å². The summed E-state index contributed by atoms with van der Waals surface area (Å²) >= 11 is 0. The minimum Gasteiger partial charge on any atom is -0.465 e. The minimum absolute atomic E-state index is 0.00244. The first-order valence-corrected chi connectivity index (χ1v) is 7.92. The summed E-state index contributed by atoms with van der Waals surface area (Å²) < 4.78 is 36.3. The largest absolute Gasteiger partial charge is 0.465 e. The smallest absolute Gasteiger partial charge is 0.337 e. The fraction of sp³-hybridized carbons (Fsp3) is 0.588. The van der Waals surface area contributed by atoms with E-state index in [0.717, 1.165) is 24.9 Å². The van der Waals surface area contributed by atoms with Crippen molar-refractivity contribution in [3.63, 3.8) is 0 Å². The van der Waals surface area contributed by atoms with E-state index in [1.807, 2.05) is 12.1 Å². The van der Waals surface area contributed by atoms with E-state index in [1.54, 1.807) is 12.1 Å². The molecule has 1 N–H and O–H groups in total. The molecule has 1 heterocycles. The summed E-state index contributed by atoms with van der Waals surface area (Å²) in [6.45, 7) is 0.789. The van der Waals surface area contributed by atoms with E-state index < -0.39 is 5.92 Å². The molecule has 2 fully saturated rings. The lowest BCUT2D eigenvalue weighted by molar-refractivity contribution is -0.186. The average Bonchev–Trinajstić information content (AvgIpc) is 2.53. The number of piperidine rings is 1. The summed E-state index contributed by atoms with van der Waals surface area (Å²) in [5.74, 6) is -2.90. The van der Waals surface area contributed by atoms with Crippen molar-refractivity contribution in [2.45, 2.75) is 49.9 Å². The first-order valence-electron chi connectivity index (χ1n) is 7.92. The molecule has 126 valence electrons. The molecule has 1 aliphatic heterocycles. The number of nitrogens with one attached hydrogen (secondary N) is 1. The maximum Gasteiger partial charge on any atom is 0.337 e. The number of esters is 1. The lowest BCUT2D eigenvalue weighted by Crippen LogP contribution is -2.45.